The molecule has 3 rings (SSSR count). The molecular formula is C21H21N3O. The first-order valence-electron chi connectivity index (χ1n) is 8.32. The summed E-state index contributed by atoms with van der Waals surface area (Å²) in [7, 11) is 0. The van der Waals surface area contributed by atoms with Gasteiger partial charge in [0, 0.05) is 6.04 Å². The van der Waals surface area contributed by atoms with E-state index in [0.29, 0.717) is 12.1 Å². The van der Waals surface area contributed by atoms with Gasteiger partial charge in [0.15, 0.2) is 0 Å². The van der Waals surface area contributed by atoms with Gasteiger partial charge >= 0.3 is 0 Å². The van der Waals surface area contributed by atoms with Gasteiger partial charge in [-0.1, -0.05) is 60.7 Å². The highest BCUT2D eigenvalue weighted by molar-refractivity contribution is 5.92. The molecule has 1 heterocycles. The quantitative estimate of drug-likeness (QED) is 0.702. The molecule has 0 radical (unpaired) electrons. The van der Waals surface area contributed by atoms with Crippen molar-refractivity contribution < 1.29 is 4.79 Å². The Morgan fingerprint density at radius 2 is 1.64 bits per heavy atom. The number of amides is 1. The molecule has 0 aliphatic heterocycles. The van der Waals surface area contributed by atoms with Crippen molar-refractivity contribution >= 4 is 17.4 Å². The van der Waals surface area contributed by atoms with E-state index in [1.807, 2.05) is 60.7 Å². The average molecular weight is 331 g/mol. The number of nitrogens with zero attached hydrogens (tertiary/aromatic N) is 1. The first-order chi connectivity index (χ1) is 12.2. The van der Waals surface area contributed by atoms with Gasteiger partial charge in [0.1, 0.15) is 5.82 Å². The third-order valence-corrected chi connectivity index (χ3v) is 3.92. The van der Waals surface area contributed by atoms with E-state index in [0.717, 1.165) is 11.4 Å². The molecule has 1 aromatic heterocycles. The molecule has 4 nitrogen and oxygen atoms in total. The van der Waals surface area contributed by atoms with Crippen LogP contribution < -0.4 is 10.6 Å². The molecule has 0 fully saturated rings. The van der Waals surface area contributed by atoms with Crippen molar-refractivity contribution in [2.24, 2.45) is 0 Å². The summed E-state index contributed by atoms with van der Waals surface area (Å²) in [4.78, 5) is 16.5. The molecule has 1 atom stereocenters. The van der Waals surface area contributed by atoms with Crippen molar-refractivity contribution in [2.75, 3.05) is 10.6 Å². The number of carbonyl (C=O) groups is 1. The van der Waals surface area contributed by atoms with Crippen LogP contribution in [-0.2, 0) is 11.2 Å². The van der Waals surface area contributed by atoms with E-state index in [4.69, 9.17) is 0 Å². The summed E-state index contributed by atoms with van der Waals surface area (Å²) in [6.45, 7) is 2.09. The summed E-state index contributed by atoms with van der Waals surface area (Å²) >= 11 is 0. The Morgan fingerprint density at radius 1 is 0.960 bits per heavy atom. The first-order valence-corrected chi connectivity index (χ1v) is 8.32. The molecule has 4 heteroatoms. The molecule has 0 spiro atoms. The highest BCUT2D eigenvalue weighted by Crippen LogP contribution is 2.18. The van der Waals surface area contributed by atoms with Crippen molar-refractivity contribution in [3.63, 3.8) is 0 Å². The van der Waals surface area contributed by atoms with E-state index >= 15 is 0 Å². The van der Waals surface area contributed by atoms with E-state index in [1.54, 1.807) is 6.20 Å². The number of hydrogen-bond acceptors (Lipinski definition) is 3. The lowest BCUT2D eigenvalue weighted by Crippen LogP contribution is -2.14. The fourth-order valence-electron chi connectivity index (χ4n) is 2.59. The molecule has 126 valence electrons. The predicted octanol–water partition coefficient (Wildman–Crippen LogP) is 4.44. The summed E-state index contributed by atoms with van der Waals surface area (Å²) in [5, 5.41) is 6.23. The molecule has 1 amide bonds. The van der Waals surface area contributed by atoms with Crippen LogP contribution in [0.1, 0.15) is 24.1 Å². The van der Waals surface area contributed by atoms with Crippen LogP contribution in [0.25, 0.3) is 0 Å². The molecule has 0 aliphatic carbocycles. The smallest absolute Gasteiger partial charge is 0.228 e. The van der Waals surface area contributed by atoms with Crippen molar-refractivity contribution in [1.82, 2.24) is 4.98 Å². The van der Waals surface area contributed by atoms with Crippen LogP contribution in [-0.4, -0.2) is 10.9 Å². The van der Waals surface area contributed by atoms with Crippen LogP contribution in [0, 0.1) is 0 Å². The lowest BCUT2D eigenvalue weighted by molar-refractivity contribution is -0.115. The number of pyridine rings is 1. The van der Waals surface area contributed by atoms with Crippen LogP contribution >= 0.6 is 0 Å². The Bertz CT molecular complexity index is 802. The Morgan fingerprint density at radius 3 is 2.28 bits per heavy atom. The average Bonchev–Trinajstić information content (AvgIpc) is 2.65. The van der Waals surface area contributed by atoms with Gasteiger partial charge in [0.2, 0.25) is 5.91 Å². The Labute approximate surface area is 147 Å². The largest absolute Gasteiger partial charge is 0.364 e. The molecular weight excluding hydrogens is 310 g/mol. The maximum absolute atomic E-state index is 12.1. The number of hydrogen-bond donors (Lipinski definition) is 2. The van der Waals surface area contributed by atoms with Crippen LogP contribution in [0.2, 0.25) is 0 Å². The zero-order valence-corrected chi connectivity index (χ0v) is 14.1. The van der Waals surface area contributed by atoms with Crippen molar-refractivity contribution in [2.45, 2.75) is 19.4 Å². The van der Waals surface area contributed by atoms with E-state index < -0.39 is 0 Å². The number of aromatic nitrogens is 1. The lowest BCUT2D eigenvalue weighted by atomic mass is 10.1. The summed E-state index contributed by atoms with van der Waals surface area (Å²) in [5.41, 5.74) is 2.88. The zero-order chi connectivity index (χ0) is 17.5. The number of carbonyl (C=O) groups excluding carboxylic acids is 1. The maximum atomic E-state index is 12.1. The lowest BCUT2D eigenvalue weighted by Gasteiger charge is -2.15. The monoisotopic (exact) mass is 331 g/mol. The van der Waals surface area contributed by atoms with Crippen LogP contribution in [0.4, 0.5) is 11.5 Å². The fraction of sp³-hybridized carbons (Fsp3) is 0.143. The third kappa shape index (κ3) is 4.91. The Balaban J connectivity index is 1.56. The topological polar surface area (TPSA) is 54.0 Å². The van der Waals surface area contributed by atoms with Gasteiger partial charge in [-0.25, -0.2) is 4.98 Å². The van der Waals surface area contributed by atoms with Gasteiger partial charge in [0.05, 0.1) is 18.3 Å². The van der Waals surface area contributed by atoms with E-state index in [1.165, 1.54) is 5.56 Å². The molecule has 3 aromatic rings. The van der Waals surface area contributed by atoms with E-state index in [2.05, 4.69) is 34.7 Å². The molecule has 0 bridgehead atoms. The second kappa shape index (κ2) is 8.11. The molecule has 2 N–H and O–H groups in total. The SMILES string of the molecule is CC(Nc1ccc(NC(=O)Cc2ccccc2)cn1)c1ccccc1. The van der Waals surface area contributed by atoms with Gasteiger partial charge in [-0.05, 0) is 30.2 Å². The standard InChI is InChI=1S/C21H21N3O/c1-16(18-10-6-3-7-11-18)23-20-13-12-19(15-22-20)24-21(25)14-17-8-4-2-5-9-17/h2-13,15-16H,14H2,1H3,(H,22,23)(H,24,25). The van der Waals surface area contributed by atoms with Crippen LogP contribution in [0.15, 0.2) is 79.0 Å². The predicted molar refractivity (Wildman–Crippen MR) is 101 cm³/mol. The number of nitrogens with one attached hydrogen (secondary N) is 2. The van der Waals surface area contributed by atoms with Gasteiger partial charge in [-0.3, -0.25) is 4.79 Å². The van der Waals surface area contributed by atoms with Gasteiger partial charge in [-0.15, -0.1) is 0 Å². The number of anilines is 2. The van der Waals surface area contributed by atoms with Crippen molar-refractivity contribution in [1.29, 1.82) is 0 Å². The number of benzene rings is 2. The van der Waals surface area contributed by atoms with E-state index in [9.17, 15) is 4.79 Å². The Hall–Kier alpha value is -3.14. The van der Waals surface area contributed by atoms with Gasteiger partial charge < -0.3 is 10.6 Å². The zero-order valence-electron chi connectivity index (χ0n) is 14.1. The molecule has 0 saturated carbocycles. The second-order valence-electron chi connectivity index (χ2n) is 5.92. The van der Waals surface area contributed by atoms with Gasteiger partial charge in [0.25, 0.3) is 0 Å². The summed E-state index contributed by atoms with van der Waals surface area (Å²) < 4.78 is 0. The minimum absolute atomic E-state index is 0.0497. The van der Waals surface area contributed by atoms with E-state index in [-0.39, 0.29) is 11.9 Å². The summed E-state index contributed by atoms with van der Waals surface area (Å²) in [6, 6.07) is 23.8. The summed E-state index contributed by atoms with van der Waals surface area (Å²) in [6.07, 6.45) is 2.02. The van der Waals surface area contributed by atoms with Crippen LogP contribution in [0.5, 0.6) is 0 Å². The van der Waals surface area contributed by atoms with Gasteiger partial charge in [-0.2, -0.15) is 0 Å². The Kier molecular flexibility index (Phi) is 5.42. The molecule has 2 aromatic carbocycles. The third-order valence-electron chi connectivity index (χ3n) is 3.92. The van der Waals surface area contributed by atoms with Crippen molar-refractivity contribution in [3.05, 3.63) is 90.1 Å². The first kappa shape index (κ1) is 16.7. The summed E-state index contributed by atoms with van der Waals surface area (Å²) in [5.74, 6) is 0.726. The molecule has 0 saturated heterocycles. The minimum atomic E-state index is -0.0497. The normalized spacial score (nSPS) is 11.6. The fourth-order valence-corrected chi connectivity index (χ4v) is 2.59. The second-order valence-corrected chi connectivity index (χ2v) is 5.92. The highest BCUT2D eigenvalue weighted by atomic mass is 16.1. The minimum Gasteiger partial charge on any atom is -0.364 e. The molecule has 0 aliphatic rings. The molecule has 1 unspecified atom stereocenters. The van der Waals surface area contributed by atoms with Crippen molar-refractivity contribution in [3.8, 4) is 0 Å². The molecule has 25 heavy (non-hydrogen) atoms. The maximum Gasteiger partial charge on any atom is 0.228 e. The number of rotatable bonds is 6. The van der Waals surface area contributed by atoms with Crippen LogP contribution in [0.3, 0.4) is 0 Å². The highest BCUT2D eigenvalue weighted by Gasteiger charge is 2.07.